The number of Topliss-reactive ketones (excluding diaryl/α,β-unsaturated/α-hetero) is 1. The molecule has 0 radical (unpaired) electrons. The first-order chi connectivity index (χ1) is 12.2. The summed E-state index contributed by atoms with van der Waals surface area (Å²) in [5, 5.41) is 0.639. The SMILES string of the molecule is CC(C)=C[C@@H]1[C@H](C(=O)N2CCC(C(=O)c3ccc(Cl)cc3)CC2)C1(C)C. The van der Waals surface area contributed by atoms with Gasteiger partial charge in [0.05, 0.1) is 5.92 Å². The highest BCUT2D eigenvalue weighted by atomic mass is 35.5. The van der Waals surface area contributed by atoms with Crippen molar-refractivity contribution in [3.63, 3.8) is 0 Å². The first-order valence-electron chi connectivity index (χ1n) is 9.45. The third-order valence-corrected chi connectivity index (χ3v) is 6.25. The molecule has 1 saturated carbocycles. The molecule has 0 spiro atoms. The van der Waals surface area contributed by atoms with Crippen molar-refractivity contribution < 1.29 is 9.59 Å². The molecule has 2 aliphatic rings. The van der Waals surface area contributed by atoms with Crippen LogP contribution in [0, 0.1) is 23.2 Å². The number of carbonyl (C=O) groups excluding carboxylic acids is 2. The number of hydrogen-bond acceptors (Lipinski definition) is 2. The molecule has 1 heterocycles. The van der Waals surface area contributed by atoms with Gasteiger partial charge in [-0.3, -0.25) is 9.59 Å². The first kappa shape index (κ1) is 19.2. The molecule has 2 atom stereocenters. The van der Waals surface area contributed by atoms with E-state index < -0.39 is 0 Å². The van der Waals surface area contributed by atoms with E-state index in [1.807, 2.05) is 4.90 Å². The highest BCUT2D eigenvalue weighted by molar-refractivity contribution is 6.30. The van der Waals surface area contributed by atoms with Crippen LogP contribution in [0.5, 0.6) is 0 Å². The maximum atomic E-state index is 12.9. The highest BCUT2D eigenvalue weighted by Crippen LogP contribution is 2.60. The quantitative estimate of drug-likeness (QED) is 0.550. The lowest BCUT2D eigenvalue weighted by Gasteiger charge is -2.32. The molecule has 0 N–H and O–H groups in total. The van der Waals surface area contributed by atoms with Gasteiger partial charge < -0.3 is 4.90 Å². The number of ketones is 1. The van der Waals surface area contributed by atoms with Gasteiger partial charge >= 0.3 is 0 Å². The van der Waals surface area contributed by atoms with Crippen molar-refractivity contribution in [1.82, 2.24) is 4.90 Å². The summed E-state index contributed by atoms with van der Waals surface area (Å²) in [6, 6.07) is 7.09. The fourth-order valence-electron chi connectivity index (χ4n) is 4.23. The molecule has 1 aliphatic carbocycles. The van der Waals surface area contributed by atoms with Gasteiger partial charge in [-0.15, -0.1) is 0 Å². The van der Waals surface area contributed by atoms with Gasteiger partial charge in [0.1, 0.15) is 0 Å². The summed E-state index contributed by atoms with van der Waals surface area (Å²) < 4.78 is 0. The molecule has 0 unspecified atom stereocenters. The molecule has 1 aliphatic heterocycles. The Kier molecular flexibility index (Phi) is 5.30. The van der Waals surface area contributed by atoms with Crippen LogP contribution < -0.4 is 0 Å². The number of carbonyl (C=O) groups is 2. The minimum atomic E-state index is 0.000942. The van der Waals surface area contributed by atoms with Crippen LogP contribution in [0.25, 0.3) is 0 Å². The predicted molar refractivity (Wildman–Crippen MR) is 105 cm³/mol. The Hall–Kier alpha value is -1.61. The number of benzene rings is 1. The second kappa shape index (κ2) is 7.19. The summed E-state index contributed by atoms with van der Waals surface area (Å²) in [5.41, 5.74) is 2.03. The van der Waals surface area contributed by atoms with E-state index in [4.69, 9.17) is 11.6 Å². The summed E-state index contributed by atoms with van der Waals surface area (Å²) in [6.07, 6.45) is 3.72. The number of rotatable bonds is 4. The molecular formula is C22H28ClNO2. The molecule has 2 fully saturated rings. The van der Waals surface area contributed by atoms with E-state index in [0.29, 0.717) is 29.6 Å². The summed E-state index contributed by atoms with van der Waals surface area (Å²) >= 11 is 5.90. The van der Waals surface area contributed by atoms with E-state index in [-0.39, 0.29) is 28.9 Å². The number of allylic oxidation sites excluding steroid dienone is 2. The number of halogens is 1. The van der Waals surface area contributed by atoms with Gasteiger partial charge in [0.15, 0.2) is 5.78 Å². The minimum Gasteiger partial charge on any atom is -0.342 e. The molecule has 140 valence electrons. The lowest BCUT2D eigenvalue weighted by atomic mass is 9.88. The zero-order valence-corrected chi connectivity index (χ0v) is 16.8. The Morgan fingerprint density at radius 1 is 1.12 bits per heavy atom. The first-order valence-corrected chi connectivity index (χ1v) is 9.83. The monoisotopic (exact) mass is 373 g/mol. The standard InChI is InChI=1S/C22H28ClNO2/c1-14(2)13-18-19(22(18,3)4)21(26)24-11-9-16(10-12-24)20(25)15-5-7-17(23)8-6-15/h5-8,13,16,18-19H,9-12H2,1-4H3/t18-,19-/m1/s1. The summed E-state index contributed by atoms with van der Waals surface area (Å²) in [5.74, 6) is 0.855. The van der Waals surface area contributed by atoms with E-state index in [1.165, 1.54) is 5.57 Å². The average Bonchev–Trinajstić information content (AvgIpc) is 3.13. The molecule has 3 nitrogen and oxygen atoms in total. The summed E-state index contributed by atoms with van der Waals surface area (Å²) in [6.45, 7) is 9.88. The Balaban J connectivity index is 1.59. The maximum absolute atomic E-state index is 12.9. The molecule has 1 saturated heterocycles. The van der Waals surface area contributed by atoms with Crippen molar-refractivity contribution >= 4 is 23.3 Å². The molecule has 4 heteroatoms. The average molecular weight is 374 g/mol. The van der Waals surface area contributed by atoms with Gasteiger partial charge in [-0.25, -0.2) is 0 Å². The van der Waals surface area contributed by atoms with Crippen LogP contribution in [0.15, 0.2) is 35.9 Å². The number of nitrogens with zero attached hydrogens (tertiary/aromatic N) is 1. The Bertz CT molecular complexity index is 723. The van der Waals surface area contributed by atoms with Crippen molar-refractivity contribution in [2.24, 2.45) is 23.2 Å². The van der Waals surface area contributed by atoms with E-state index in [9.17, 15) is 9.59 Å². The zero-order valence-electron chi connectivity index (χ0n) is 16.1. The van der Waals surface area contributed by atoms with Gasteiger partial charge in [-0.1, -0.05) is 37.1 Å². The van der Waals surface area contributed by atoms with Gasteiger partial charge in [-0.05, 0) is 62.3 Å². The molecule has 3 rings (SSSR count). The lowest BCUT2D eigenvalue weighted by Crippen LogP contribution is -2.41. The zero-order chi connectivity index (χ0) is 19.1. The van der Waals surface area contributed by atoms with E-state index >= 15 is 0 Å². The minimum absolute atomic E-state index is 0.000942. The summed E-state index contributed by atoms with van der Waals surface area (Å²) in [4.78, 5) is 27.6. The molecule has 0 aromatic heterocycles. The Labute approximate surface area is 161 Å². The van der Waals surface area contributed by atoms with Crippen LogP contribution in [0.1, 0.15) is 50.9 Å². The normalized spacial score (nSPS) is 24.9. The largest absolute Gasteiger partial charge is 0.342 e. The van der Waals surface area contributed by atoms with Gasteiger partial charge in [0, 0.05) is 29.6 Å². The number of amides is 1. The maximum Gasteiger partial charge on any atom is 0.226 e. The van der Waals surface area contributed by atoms with E-state index in [1.54, 1.807) is 24.3 Å². The molecule has 1 amide bonds. The van der Waals surface area contributed by atoms with Crippen molar-refractivity contribution in [3.8, 4) is 0 Å². The third kappa shape index (κ3) is 3.73. The third-order valence-electron chi connectivity index (χ3n) is 6.00. The van der Waals surface area contributed by atoms with Crippen molar-refractivity contribution in [3.05, 3.63) is 46.5 Å². The Morgan fingerprint density at radius 2 is 1.69 bits per heavy atom. The fraction of sp³-hybridized carbons (Fsp3) is 0.545. The van der Waals surface area contributed by atoms with Gasteiger partial charge in [0.2, 0.25) is 5.91 Å². The lowest BCUT2D eigenvalue weighted by molar-refractivity contribution is -0.134. The van der Waals surface area contributed by atoms with E-state index in [2.05, 4.69) is 33.8 Å². The predicted octanol–water partition coefficient (Wildman–Crippen LogP) is 5.00. The van der Waals surface area contributed by atoms with Crippen LogP contribution in [0.3, 0.4) is 0 Å². The second-order valence-electron chi connectivity index (χ2n) is 8.54. The van der Waals surface area contributed by atoms with E-state index in [0.717, 1.165) is 12.8 Å². The van der Waals surface area contributed by atoms with Crippen LogP contribution in [-0.4, -0.2) is 29.7 Å². The van der Waals surface area contributed by atoms with Gasteiger partial charge in [0.25, 0.3) is 0 Å². The number of hydrogen-bond donors (Lipinski definition) is 0. The van der Waals surface area contributed by atoms with Crippen molar-refractivity contribution in [1.29, 1.82) is 0 Å². The van der Waals surface area contributed by atoms with Crippen molar-refractivity contribution in [2.75, 3.05) is 13.1 Å². The Morgan fingerprint density at radius 3 is 2.23 bits per heavy atom. The summed E-state index contributed by atoms with van der Waals surface area (Å²) in [7, 11) is 0. The number of likely N-dealkylation sites (tertiary alicyclic amines) is 1. The second-order valence-corrected chi connectivity index (χ2v) is 8.98. The smallest absolute Gasteiger partial charge is 0.226 e. The van der Waals surface area contributed by atoms with Crippen molar-refractivity contribution in [2.45, 2.75) is 40.5 Å². The molecule has 26 heavy (non-hydrogen) atoms. The van der Waals surface area contributed by atoms with Crippen LogP contribution in [-0.2, 0) is 4.79 Å². The highest BCUT2D eigenvalue weighted by Gasteiger charge is 2.61. The van der Waals surface area contributed by atoms with Crippen LogP contribution in [0.2, 0.25) is 5.02 Å². The molecule has 0 bridgehead atoms. The fourth-order valence-corrected chi connectivity index (χ4v) is 4.35. The topological polar surface area (TPSA) is 37.4 Å². The number of piperidine rings is 1. The van der Waals surface area contributed by atoms with Crippen LogP contribution >= 0.6 is 11.6 Å². The van der Waals surface area contributed by atoms with Gasteiger partial charge in [-0.2, -0.15) is 0 Å². The molecule has 1 aromatic rings. The molecule has 1 aromatic carbocycles. The van der Waals surface area contributed by atoms with Crippen LogP contribution in [0.4, 0.5) is 0 Å². The molecular weight excluding hydrogens is 346 g/mol.